The summed E-state index contributed by atoms with van der Waals surface area (Å²) in [5, 5.41) is 9.21. The summed E-state index contributed by atoms with van der Waals surface area (Å²) < 4.78 is 39.5. The molecule has 1 N–H and O–H groups in total. The number of rotatable bonds is 2. The van der Waals surface area contributed by atoms with Gasteiger partial charge in [-0.05, 0) is 25.0 Å². The Bertz CT molecular complexity index is 705. The molecule has 1 unspecified atom stereocenters. The van der Waals surface area contributed by atoms with E-state index in [1.165, 1.54) is 12.1 Å². The topological polar surface area (TPSA) is 55.1 Å². The Morgan fingerprint density at radius 2 is 1.95 bits per heavy atom. The minimum Gasteiger partial charge on any atom is -0.481 e. The summed E-state index contributed by atoms with van der Waals surface area (Å²) in [4.78, 5) is 15.6. The molecular weight excluding hydrogens is 297 g/mol. The monoisotopic (exact) mass is 310 g/mol. The van der Waals surface area contributed by atoms with Gasteiger partial charge in [0, 0.05) is 18.3 Å². The van der Waals surface area contributed by atoms with Crippen molar-refractivity contribution in [2.24, 2.45) is 0 Å². The van der Waals surface area contributed by atoms with Gasteiger partial charge >= 0.3 is 12.1 Å². The standard InChI is InChI=1S/C15H13F3N2O2/c16-15(17,18)10-5-3-9(4-6-10)12-8-20-7-1-2-11(14(21)22)13(20)19-12/h3-6,8,11H,1-2,7H2,(H,21,22). The first kappa shape index (κ1) is 14.6. The molecule has 0 saturated carbocycles. The first-order valence-electron chi connectivity index (χ1n) is 6.84. The highest BCUT2D eigenvalue weighted by molar-refractivity contribution is 5.75. The summed E-state index contributed by atoms with van der Waals surface area (Å²) in [6.45, 7) is 0.673. The van der Waals surface area contributed by atoms with Gasteiger partial charge in [-0.3, -0.25) is 4.79 Å². The van der Waals surface area contributed by atoms with Crippen LogP contribution in [0.1, 0.15) is 30.1 Å². The number of hydrogen-bond donors (Lipinski definition) is 1. The van der Waals surface area contributed by atoms with Crippen molar-refractivity contribution < 1.29 is 23.1 Å². The number of aliphatic carboxylic acids is 1. The molecule has 7 heteroatoms. The molecule has 2 heterocycles. The predicted molar refractivity (Wildman–Crippen MR) is 72.3 cm³/mol. The highest BCUT2D eigenvalue weighted by atomic mass is 19.4. The lowest BCUT2D eigenvalue weighted by Gasteiger charge is -2.19. The van der Waals surface area contributed by atoms with Gasteiger partial charge in [0.1, 0.15) is 11.7 Å². The van der Waals surface area contributed by atoms with Gasteiger partial charge in [-0.25, -0.2) is 4.98 Å². The second-order valence-corrected chi connectivity index (χ2v) is 5.29. The summed E-state index contributed by atoms with van der Waals surface area (Å²) >= 11 is 0. The molecule has 1 aromatic carbocycles. The summed E-state index contributed by atoms with van der Waals surface area (Å²) in [7, 11) is 0. The van der Waals surface area contributed by atoms with Gasteiger partial charge < -0.3 is 9.67 Å². The van der Waals surface area contributed by atoms with Crippen molar-refractivity contribution in [1.29, 1.82) is 0 Å². The van der Waals surface area contributed by atoms with Crippen molar-refractivity contribution in [3.63, 3.8) is 0 Å². The third-order valence-electron chi connectivity index (χ3n) is 3.82. The Kier molecular flexibility index (Phi) is 3.42. The van der Waals surface area contributed by atoms with E-state index in [1.807, 2.05) is 0 Å². The normalized spacial score (nSPS) is 18.0. The maximum Gasteiger partial charge on any atom is 0.416 e. The Morgan fingerprint density at radius 3 is 2.55 bits per heavy atom. The van der Waals surface area contributed by atoms with Crippen LogP contribution < -0.4 is 0 Å². The lowest BCUT2D eigenvalue weighted by Crippen LogP contribution is -2.21. The predicted octanol–water partition coefficient (Wildman–Crippen LogP) is 3.53. The second kappa shape index (κ2) is 5.15. The number of carbonyl (C=O) groups is 1. The molecule has 2 aromatic rings. The fourth-order valence-electron chi connectivity index (χ4n) is 2.69. The van der Waals surface area contributed by atoms with Crippen molar-refractivity contribution in [2.75, 3.05) is 0 Å². The number of carboxylic acids is 1. The van der Waals surface area contributed by atoms with Gasteiger partial charge in [-0.15, -0.1) is 0 Å². The number of hydrogen-bond acceptors (Lipinski definition) is 2. The molecule has 1 aliphatic rings. The highest BCUT2D eigenvalue weighted by Gasteiger charge is 2.31. The Balaban J connectivity index is 1.95. The molecule has 0 bridgehead atoms. The number of carboxylic acid groups (broad SMARTS) is 1. The summed E-state index contributed by atoms with van der Waals surface area (Å²) in [5.74, 6) is -1.11. The lowest BCUT2D eigenvalue weighted by atomic mass is 9.99. The van der Waals surface area contributed by atoms with Gasteiger partial charge in [0.2, 0.25) is 0 Å². The lowest BCUT2D eigenvalue weighted by molar-refractivity contribution is -0.139. The largest absolute Gasteiger partial charge is 0.481 e. The fraction of sp³-hybridized carbons (Fsp3) is 0.333. The van der Waals surface area contributed by atoms with Crippen molar-refractivity contribution in [2.45, 2.75) is 31.5 Å². The van der Waals surface area contributed by atoms with Crippen LogP contribution >= 0.6 is 0 Å². The van der Waals surface area contributed by atoms with Gasteiger partial charge in [-0.2, -0.15) is 13.2 Å². The molecule has 0 amide bonds. The average Bonchev–Trinajstić information content (AvgIpc) is 2.90. The number of aryl methyl sites for hydroxylation is 1. The number of benzene rings is 1. The van der Waals surface area contributed by atoms with E-state index in [-0.39, 0.29) is 0 Å². The van der Waals surface area contributed by atoms with Crippen LogP contribution in [0.15, 0.2) is 30.5 Å². The second-order valence-electron chi connectivity index (χ2n) is 5.29. The third kappa shape index (κ3) is 2.58. The third-order valence-corrected chi connectivity index (χ3v) is 3.82. The first-order chi connectivity index (χ1) is 10.4. The van der Waals surface area contributed by atoms with E-state index in [2.05, 4.69) is 4.98 Å². The van der Waals surface area contributed by atoms with E-state index in [1.54, 1.807) is 10.8 Å². The number of halogens is 3. The van der Waals surface area contributed by atoms with E-state index >= 15 is 0 Å². The summed E-state index contributed by atoms with van der Waals surface area (Å²) in [6, 6.07) is 4.71. The number of imidazole rings is 1. The van der Waals surface area contributed by atoms with Crippen LogP contribution in [0.5, 0.6) is 0 Å². The fourth-order valence-corrected chi connectivity index (χ4v) is 2.69. The zero-order valence-corrected chi connectivity index (χ0v) is 11.5. The molecule has 1 aliphatic heterocycles. The van der Waals surface area contributed by atoms with Crippen LogP contribution in [0.25, 0.3) is 11.3 Å². The molecule has 4 nitrogen and oxygen atoms in total. The van der Waals surface area contributed by atoms with Crippen LogP contribution in [0, 0.1) is 0 Å². The van der Waals surface area contributed by atoms with Gasteiger partial charge in [0.15, 0.2) is 0 Å². The molecule has 0 aliphatic carbocycles. The molecule has 0 spiro atoms. The number of nitrogens with zero attached hydrogens (tertiary/aromatic N) is 2. The van der Waals surface area contributed by atoms with E-state index in [0.717, 1.165) is 18.6 Å². The smallest absolute Gasteiger partial charge is 0.416 e. The summed E-state index contributed by atoms with van der Waals surface area (Å²) in [5.41, 5.74) is 0.319. The van der Waals surface area contributed by atoms with E-state index in [9.17, 15) is 23.1 Å². The van der Waals surface area contributed by atoms with Crippen molar-refractivity contribution >= 4 is 5.97 Å². The molecule has 3 rings (SSSR count). The van der Waals surface area contributed by atoms with Crippen LogP contribution in [0.3, 0.4) is 0 Å². The molecule has 22 heavy (non-hydrogen) atoms. The minimum atomic E-state index is -4.37. The minimum absolute atomic E-state index is 0.466. The average molecular weight is 310 g/mol. The molecular formula is C15H13F3N2O2. The van der Waals surface area contributed by atoms with Crippen LogP contribution in [-0.2, 0) is 17.5 Å². The van der Waals surface area contributed by atoms with Gasteiger partial charge in [0.05, 0.1) is 11.3 Å². The molecule has 1 aromatic heterocycles. The number of fused-ring (bicyclic) bond motifs is 1. The van der Waals surface area contributed by atoms with Crippen LogP contribution in [-0.4, -0.2) is 20.6 Å². The van der Waals surface area contributed by atoms with Crippen LogP contribution in [0.4, 0.5) is 13.2 Å². The zero-order chi connectivity index (χ0) is 15.9. The first-order valence-corrected chi connectivity index (χ1v) is 6.84. The number of aromatic nitrogens is 2. The Hall–Kier alpha value is -2.31. The van der Waals surface area contributed by atoms with E-state index in [0.29, 0.717) is 30.0 Å². The maximum absolute atomic E-state index is 12.6. The maximum atomic E-state index is 12.6. The van der Waals surface area contributed by atoms with Crippen LogP contribution in [0.2, 0.25) is 0 Å². The SMILES string of the molecule is O=C(O)C1CCCn2cc(-c3ccc(C(F)(F)F)cc3)nc21. The zero-order valence-electron chi connectivity index (χ0n) is 11.5. The molecule has 0 fully saturated rings. The van der Waals surface area contributed by atoms with Gasteiger partial charge in [0.25, 0.3) is 0 Å². The molecule has 1 atom stereocenters. The van der Waals surface area contributed by atoms with E-state index in [4.69, 9.17) is 0 Å². The molecule has 0 saturated heterocycles. The Morgan fingerprint density at radius 1 is 1.27 bits per heavy atom. The van der Waals surface area contributed by atoms with Crippen molar-refractivity contribution in [1.82, 2.24) is 9.55 Å². The number of alkyl halides is 3. The molecule has 0 radical (unpaired) electrons. The molecule has 116 valence electrons. The Labute approximate surface area is 124 Å². The highest BCUT2D eigenvalue weighted by Crippen LogP contribution is 2.33. The van der Waals surface area contributed by atoms with Crippen molar-refractivity contribution in [3.05, 3.63) is 41.9 Å². The van der Waals surface area contributed by atoms with Crippen molar-refractivity contribution in [3.8, 4) is 11.3 Å². The van der Waals surface area contributed by atoms with E-state index < -0.39 is 23.6 Å². The van der Waals surface area contributed by atoms with Gasteiger partial charge in [-0.1, -0.05) is 12.1 Å². The quantitative estimate of drug-likeness (QED) is 0.923. The summed E-state index contributed by atoms with van der Waals surface area (Å²) in [6.07, 6.45) is -1.40.